The van der Waals surface area contributed by atoms with E-state index in [1.165, 1.54) is 0 Å². The molecule has 20 heavy (non-hydrogen) atoms. The number of halogens is 2. The van der Waals surface area contributed by atoms with E-state index in [0.29, 0.717) is 22.1 Å². The first kappa shape index (κ1) is 14.7. The maximum absolute atomic E-state index is 11.7. The van der Waals surface area contributed by atoms with Gasteiger partial charge in [0.2, 0.25) is 0 Å². The van der Waals surface area contributed by atoms with Crippen LogP contribution in [0.3, 0.4) is 0 Å². The number of anilines is 2. The van der Waals surface area contributed by atoms with Gasteiger partial charge in [-0.1, -0.05) is 27.5 Å². The number of hydrogen-bond donors (Lipinski definition) is 2. The van der Waals surface area contributed by atoms with Crippen LogP contribution in [0, 0.1) is 0 Å². The molecule has 0 saturated heterocycles. The number of rotatable bonds is 4. The predicted molar refractivity (Wildman–Crippen MR) is 84.1 cm³/mol. The molecule has 1 amide bonds. The van der Waals surface area contributed by atoms with Crippen LogP contribution in [0.1, 0.15) is 0 Å². The van der Waals surface area contributed by atoms with E-state index >= 15 is 0 Å². The van der Waals surface area contributed by atoms with Crippen molar-refractivity contribution in [1.29, 1.82) is 0 Å². The topological polar surface area (TPSA) is 64.3 Å². The molecule has 0 radical (unpaired) electrons. The monoisotopic (exact) mass is 354 g/mol. The molecule has 0 bridgehead atoms. The summed E-state index contributed by atoms with van der Waals surface area (Å²) in [4.78, 5) is 11.7. The van der Waals surface area contributed by atoms with Crippen LogP contribution in [0.25, 0.3) is 0 Å². The molecule has 2 rings (SSSR count). The molecule has 0 spiro atoms. The summed E-state index contributed by atoms with van der Waals surface area (Å²) in [5.41, 5.74) is 6.65. The summed E-state index contributed by atoms with van der Waals surface area (Å²) in [5.74, 6) is 0.355. The minimum absolute atomic E-state index is 0.0792. The van der Waals surface area contributed by atoms with Gasteiger partial charge in [-0.15, -0.1) is 0 Å². The SMILES string of the molecule is Nc1cc(NC(=O)COc2ccc(Br)cc2)ccc1Cl. The predicted octanol–water partition coefficient (Wildman–Crippen LogP) is 3.70. The molecule has 2 aromatic rings. The van der Waals surface area contributed by atoms with Gasteiger partial charge in [0, 0.05) is 10.2 Å². The van der Waals surface area contributed by atoms with Gasteiger partial charge in [-0.3, -0.25) is 4.79 Å². The number of nitrogens with one attached hydrogen (secondary N) is 1. The van der Waals surface area contributed by atoms with E-state index in [9.17, 15) is 4.79 Å². The molecule has 0 aliphatic heterocycles. The second kappa shape index (κ2) is 6.63. The molecule has 0 saturated carbocycles. The molecular weight excluding hydrogens is 344 g/mol. The Morgan fingerprint density at radius 3 is 2.60 bits per heavy atom. The van der Waals surface area contributed by atoms with E-state index < -0.39 is 0 Å². The Labute approximate surface area is 130 Å². The van der Waals surface area contributed by atoms with Crippen LogP contribution in [-0.4, -0.2) is 12.5 Å². The number of carbonyl (C=O) groups is 1. The van der Waals surface area contributed by atoms with Crippen LogP contribution < -0.4 is 15.8 Å². The lowest BCUT2D eigenvalue weighted by Gasteiger charge is -2.08. The largest absolute Gasteiger partial charge is 0.484 e. The maximum Gasteiger partial charge on any atom is 0.262 e. The van der Waals surface area contributed by atoms with Crippen LogP contribution in [0.5, 0.6) is 5.75 Å². The molecular formula is C14H12BrClN2O2. The smallest absolute Gasteiger partial charge is 0.262 e. The van der Waals surface area contributed by atoms with Crippen LogP contribution in [-0.2, 0) is 4.79 Å². The highest BCUT2D eigenvalue weighted by molar-refractivity contribution is 9.10. The van der Waals surface area contributed by atoms with E-state index in [-0.39, 0.29) is 12.5 Å². The number of amides is 1. The van der Waals surface area contributed by atoms with Crippen molar-refractivity contribution >= 4 is 44.8 Å². The van der Waals surface area contributed by atoms with Crippen molar-refractivity contribution in [2.45, 2.75) is 0 Å². The van der Waals surface area contributed by atoms with Gasteiger partial charge in [0.25, 0.3) is 5.91 Å². The Balaban J connectivity index is 1.89. The Hall–Kier alpha value is -1.72. The normalized spacial score (nSPS) is 10.1. The van der Waals surface area contributed by atoms with Crippen LogP contribution in [0.2, 0.25) is 5.02 Å². The van der Waals surface area contributed by atoms with Crippen molar-refractivity contribution in [3.8, 4) is 5.75 Å². The highest BCUT2D eigenvalue weighted by Crippen LogP contribution is 2.22. The lowest BCUT2D eigenvalue weighted by atomic mass is 10.3. The van der Waals surface area contributed by atoms with Gasteiger partial charge in [0.05, 0.1) is 10.7 Å². The van der Waals surface area contributed by atoms with Gasteiger partial charge in [-0.05, 0) is 42.5 Å². The molecule has 0 heterocycles. The molecule has 6 heteroatoms. The second-order valence-corrected chi connectivity index (χ2v) is 5.35. The van der Waals surface area contributed by atoms with Crippen LogP contribution in [0.15, 0.2) is 46.9 Å². The third kappa shape index (κ3) is 4.15. The first-order valence-electron chi connectivity index (χ1n) is 5.78. The minimum atomic E-state index is -0.269. The van der Waals surface area contributed by atoms with E-state index in [0.717, 1.165) is 4.47 Å². The van der Waals surface area contributed by atoms with Crippen molar-refractivity contribution < 1.29 is 9.53 Å². The summed E-state index contributed by atoms with van der Waals surface area (Å²) in [6, 6.07) is 12.1. The standard InChI is InChI=1S/C14H12BrClN2O2/c15-9-1-4-11(5-2-9)20-8-14(19)18-10-3-6-12(16)13(17)7-10/h1-7H,8,17H2,(H,18,19). The Morgan fingerprint density at radius 1 is 1.25 bits per heavy atom. The quantitative estimate of drug-likeness (QED) is 0.822. The Kier molecular flexibility index (Phi) is 4.87. The zero-order valence-corrected chi connectivity index (χ0v) is 12.7. The number of ether oxygens (including phenoxy) is 1. The Morgan fingerprint density at radius 2 is 1.95 bits per heavy atom. The van der Waals surface area contributed by atoms with E-state index in [1.54, 1.807) is 30.3 Å². The van der Waals surface area contributed by atoms with Crippen LogP contribution >= 0.6 is 27.5 Å². The lowest BCUT2D eigenvalue weighted by molar-refractivity contribution is -0.118. The highest BCUT2D eigenvalue weighted by Gasteiger charge is 2.05. The molecule has 0 aliphatic carbocycles. The van der Waals surface area contributed by atoms with Crippen molar-refractivity contribution in [3.63, 3.8) is 0 Å². The van der Waals surface area contributed by atoms with Crippen molar-refractivity contribution in [3.05, 3.63) is 52.0 Å². The van der Waals surface area contributed by atoms with Gasteiger partial charge in [0.1, 0.15) is 5.75 Å². The Bertz CT molecular complexity index is 617. The number of nitrogen functional groups attached to an aromatic ring is 1. The molecule has 0 aliphatic rings. The fourth-order valence-electron chi connectivity index (χ4n) is 1.50. The first-order valence-corrected chi connectivity index (χ1v) is 6.95. The molecule has 0 aromatic heterocycles. The molecule has 104 valence electrons. The van der Waals surface area contributed by atoms with E-state index in [1.807, 2.05) is 12.1 Å². The molecule has 4 nitrogen and oxygen atoms in total. The summed E-state index contributed by atoms with van der Waals surface area (Å²) in [6.45, 7) is -0.0792. The number of nitrogens with two attached hydrogens (primary N) is 1. The van der Waals surface area contributed by atoms with E-state index in [2.05, 4.69) is 21.2 Å². The fraction of sp³-hybridized carbons (Fsp3) is 0.0714. The lowest BCUT2D eigenvalue weighted by Crippen LogP contribution is -2.20. The zero-order chi connectivity index (χ0) is 14.5. The van der Waals surface area contributed by atoms with Crippen LogP contribution in [0.4, 0.5) is 11.4 Å². The number of hydrogen-bond acceptors (Lipinski definition) is 3. The average molecular weight is 356 g/mol. The van der Waals surface area contributed by atoms with E-state index in [4.69, 9.17) is 22.1 Å². The van der Waals surface area contributed by atoms with Gasteiger partial charge >= 0.3 is 0 Å². The summed E-state index contributed by atoms with van der Waals surface area (Å²) in [6.07, 6.45) is 0. The molecule has 2 aromatic carbocycles. The zero-order valence-electron chi connectivity index (χ0n) is 10.4. The average Bonchev–Trinajstić information content (AvgIpc) is 2.42. The van der Waals surface area contributed by atoms with Crippen molar-refractivity contribution in [1.82, 2.24) is 0 Å². The van der Waals surface area contributed by atoms with Gasteiger partial charge < -0.3 is 15.8 Å². The second-order valence-electron chi connectivity index (χ2n) is 4.03. The maximum atomic E-state index is 11.7. The number of carbonyl (C=O) groups excluding carboxylic acids is 1. The number of benzene rings is 2. The summed E-state index contributed by atoms with van der Waals surface area (Å²) < 4.78 is 6.31. The van der Waals surface area contributed by atoms with Crippen molar-refractivity contribution in [2.75, 3.05) is 17.7 Å². The molecule has 0 unspecified atom stereocenters. The molecule has 3 N–H and O–H groups in total. The summed E-state index contributed by atoms with van der Waals surface area (Å²) >= 11 is 9.13. The summed E-state index contributed by atoms with van der Waals surface area (Å²) in [7, 11) is 0. The fourth-order valence-corrected chi connectivity index (χ4v) is 1.88. The van der Waals surface area contributed by atoms with Crippen molar-refractivity contribution in [2.24, 2.45) is 0 Å². The third-order valence-electron chi connectivity index (χ3n) is 2.46. The first-order chi connectivity index (χ1) is 9.54. The molecule has 0 fully saturated rings. The summed E-state index contributed by atoms with van der Waals surface area (Å²) in [5, 5.41) is 3.13. The van der Waals surface area contributed by atoms with Gasteiger partial charge in [-0.2, -0.15) is 0 Å². The minimum Gasteiger partial charge on any atom is -0.484 e. The third-order valence-corrected chi connectivity index (χ3v) is 3.34. The van der Waals surface area contributed by atoms with Gasteiger partial charge in [0.15, 0.2) is 6.61 Å². The highest BCUT2D eigenvalue weighted by atomic mass is 79.9. The van der Waals surface area contributed by atoms with Gasteiger partial charge in [-0.25, -0.2) is 0 Å². The molecule has 0 atom stereocenters.